The van der Waals surface area contributed by atoms with Crippen molar-refractivity contribution in [2.75, 3.05) is 13.1 Å². The molecule has 0 aliphatic heterocycles. The lowest BCUT2D eigenvalue weighted by molar-refractivity contribution is -0.141. The van der Waals surface area contributed by atoms with Crippen LogP contribution in [0.5, 0.6) is 0 Å². The lowest BCUT2D eigenvalue weighted by Gasteiger charge is -2.26. The Balaban J connectivity index is 2.29. The molecule has 2 rings (SSSR count). The third kappa shape index (κ3) is 4.27. The van der Waals surface area contributed by atoms with Gasteiger partial charge in [-0.3, -0.25) is 9.59 Å². The van der Waals surface area contributed by atoms with E-state index in [4.69, 9.17) is 0 Å². The molecule has 0 aliphatic carbocycles. The van der Waals surface area contributed by atoms with Crippen LogP contribution in [0.25, 0.3) is 5.69 Å². The van der Waals surface area contributed by atoms with Crippen LogP contribution in [-0.2, 0) is 9.59 Å². The van der Waals surface area contributed by atoms with Crippen LogP contribution in [-0.4, -0.2) is 56.7 Å². The molecule has 1 aromatic carbocycles. The summed E-state index contributed by atoms with van der Waals surface area (Å²) in [5, 5.41) is 16.1. The van der Waals surface area contributed by atoms with Gasteiger partial charge in [0.05, 0.1) is 23.1 Å². The number of aliphatic carboxylic acids is 1. The van der Waals surface area contributed by atoms with E-state index in [1.54, 1.807) is 11.6 Å². The smallest absolute Gasteiger partial charge is 0.326 e. The molecule has 1 atom stereocenters. The summed E-state index contributed by atoms with van der Waals surface area (Å²) >= 11 is 0. The topological polar surface area (TPSA) is 105 Å². The predicted molar refractivity (Wildman–Crippen MR) is 95.1 cm³/mol. The molecule has 0 saturated heterocycles. The van der Waals surface area contributed by atoms with Gasteiger partial charge in [0.2, 0.25) is 5.91 Å². The molecule has 8 nitrogen and oxygen atoms in total. The highest BCUT2D eigenvalue weighted by Gasteiger charge is 2.28. The molecular formula is C18H22N4O4. The number of hydrogen-bond donors (Lipinski definition) is 2. The summed E-state index contributed by atoms with van der Waals surface area (Å²) in [5.74, 6) is -1.80. The quantitative estimate of drug-likeness (QED) is 0.775. The standard InChI is InChI=1S/C18H22N4O4/c1-12-16(11-20-22(12)15-7-5-4-6-8-15)17(24)21(13(2)18(25)26)10-9-19-14(3)23/h4-8,11,13H,9-10H2,1-3H3,(H,19,23)(H,25,26). The second-order valence-corrected chi connectivity index (χ2v) is 5.89. The van der Waals surface area contributed by atoms with Crippen LogP contribution in [0.15, 0.2) is 36.5 Å². The van der Waals surface area contributed by atoms with Gasteiger partial charge in [0.25, 0.3) is 5.91 Å². The fourth-order valence-corrected chi connectivity index (χ4v) is 2.56. The van der Waals surface area contributed by atoms with Gasteiger partial charge in [-0.1, -0.05) is 18.2 Å². The minimum Gasteiger partial charge on any atom is -0.480 e. The van der Waals surface area contributed by atoms with Gasteiger partial charge in [0.15, 0.2) is 0 Å². The van der Waals surface area contributed by atoms with Gasteiger partial charge in [0, 0.05) is 20.0 Å². The minimum atomic E-state index is -1.12. The van der Waals surface area contributed by atoms with Crippen molar-refractivity contribution in [3.8, 4) is 5.69 Å². The summed E-state index contributed by atoms with van der Waals surface area (Å²) < 4.78 is 1.63. The predicted octanol–water partition coefficient (Wildman–Crippen LogP) is 1.23. The second-order valence-electron chi connectivity index (χ2n) is 5.89. The van der Waals surface area contributed by atoms with Crippen LogP contribution in [0.2, 0.25) is 0 Å². The molecule has 2 N–H and O–H groups in total. The number of carboxylic acid groups (broad SMARTS) is 1. The van der Waals surface area contributed by atoms with Crippen LogP contribution in [0, 0.1) is 6.92 Å². The van der Waals surface area contributed by atoms with Crippen molar-refractivity contribution in [3.63, 3.8) is 0 Å². The minimum absolute atomic E-state index is 0.0852. The Hall–Kier alpha value is -3.16. The van der Waals surface area contributed by atoms with E-state index in [1.807, 2.05) is 30.3 Å². The highest BCUT2D eigenvalue weighted by molar-refractivity contribution is 5.97. The molecule has 0 bridgehead atoms. The summed E-state index contributed by atoms with van der Waals surface area (Å²) in [7, 11) is 0. The van der Waals surface area contributed by atoms with E-state index in [1.165, 1.54) is 24.9 Å². The number of rotatable bonds is 7. The van der Waals surface area contributed by atoms with Crippen molar-refractivity contribution >= 4 is 17.8 Å². The molecule has 1 unspecified atom stereocenters. The monoisotopic (exact) mass is 358 g/mol. The molecular weight excluding hydrogens is 336 g/mol. The third-order valence-corrected chi connectivity index (χ3v) is 4.05. The summed E-state index contributed by atoms with van der Waals surface area (Å²) in [5.41, 5.74) is 1.74. The number of nitrogens with one attached hydrogen (secondary N) is 1. The van der Waals surface area contributed by atoms with Crippen molar-refractivity contribution < 1.29 is 19.5 Å². The Morgan fingerprint density at radius 3 is 2.50 bits per heavy atom. The van der Waals surface area contributed by atoms with Gasteiger partial charge in [-0.25, -0.2) is 9.48 Å². The number of hydrogen-bond acceptors (Lipinski definition) is 4. The first kappa shape index (κ1) is 19.2. The zero-order chi connectivity index (χ0) is 19.3. The first-order chi connectivity index (χ1) is 12.3. The number of benzene rings is 1. The number of nitrogens with zero attached hydrogens (tertiary/aromatic N) is 3. The van der Waals surface area contributed by atoms with Gasteiger partial charge in [-0.05, 0) is 26.0 Å². The summed E-state index contributed by atoms with van der Waals surface area (Å²) in [6, 6.07) is 8.31. The van der Waals surface area contributed by atoms with Crippen molar-refractivity contribution in [1.82, 2.24) is 20.0 Å². The van der Waals surface area contributed by atoms with E-state index in [0.717, 1.165) is 5.69 Å². The molecule has 0 fully saturated rings. The highest BCUT2D eigenvalue weighted by atomic mass is 16.4. The van der Waals surface area contributed by atoms with Gasteiger partial charge < -0.3 is 15.3 Å². The number of carbonyl (C=O) groups is 3. The summed E-state index contributed by atoms with van der Waals surface area (Å²) in [4.78, 5) is 36.6. The van der Waals surface area contributed by atoms with Crippen LogP contribution in [0.1, 0.15) is 29.9 Å². The molecule has 0 aliphatic rings. The largest absolute Gasteiger partial charge is 0.480 e. The van der Waals surface area contributed by atoms with E-state index in [2.05, 4.69) is 10.4 Å². The first-order valence-corrected chi connectivity index (χ1v) is 8.21. The van der Waals surface area contributed by atoms with Crippen molar-refractivity contribution in [1.29, 1.82) is 0 Å². The average molecular weight is 358 g/mol. The molecule has 2 amide bonds. The number of aromatic nitrogens is 2. The van der Waals surface area contributed by atoms with Crippen molar-refractivity contribution in [2.45, 2.75) is 26.8 Å². The second kappa shape index (κ2) is 8.28. The Morgan fingerprint density at radius 2 is 1.92 bits per heavy atom. The van der Waals surface area contributed by atoms with Crippen LogP contribution in [0.4, 0.5) is 0 Å². The van der Waals surface area contributed by atoms with Crippen LogP contribution in [0.3, 0.4) is 0 Å². The van der Waals surface area contributed by atoms with Crippen molar-refractivity contribution in [2.24, 2.45) is 0 Å². The lowest BCUT2D eigenvalue weighted by atomic mass is 10.2. The number of carbonyl (C=O) groups excluding carboxylic acids is 2. The van der Waals surface area contributed by atoms with Crippen molar-refractivity contribution in [3.05, 3.63) is 47.8 Å². The molecule has 1 heterocycles. The molecule has 0 saturated carbocycles. The number of amides is 2. The first-order valence-electron chi connectivity index (χ1n) is 8.21. The van der Waals surface area contributed by atoms with E-state index in [-0.39, 0.29) is 19.0 Å². The van der Waals surface area contributed by atoms with Gasteiger partial charge in [-0.2, -0.15) is 5.10 Å². The molecule has 0 spiro atoms. The van der Waals surface area contributed by atoms with Gasteiger partial charge in [0.1, 0.15) is 6.04 Å². The fourth-order valence-electron chi connectivity index (χ4n) is 2.56. The third-order valence-electron chi connectivity index (χ3n) is 4.05. The summed E-state index contributed by atoms with van der Waals surface area (Å²) in [6.45, 7) is 4.81. The molecule has 2 aromatic rings. The Kier molecular flexibility index (Phi) is 6.11. The SMILES string of the molecule is CC(=O)NCCN(C(=O)c1cnn(-c2ccccc2)c1C)C(C)C(=O)O. The van der Waals surface area contributed by atoms with E-state index < -0.39 is 17.9 Å². The molecule has 138 valence electrons. The number of para-hydroxylation sites is 1. The van der Waals surface area contributed by atoms with Gasteiger partial charge in [-0.15, -0.1) is 0 Å². The maximum Gasteiger partial charge on any atom is 0.326 e. The molecule has 1 aromatic heterocycles. The Bertz CT molecular complexity index is 801. The zero-order valence-electron chi connectivity index (χ0n) is 15.0. The fraction of sp³-hybridized carbons (Fsp3) is 0.333. The van der Waals surface area contributed by atoms with Crippen LogP contribution < -0.4 is 5.32 Å². The maximum atomic E-state index is 12.9. The summed E-state index contributed by atoms with van der Waals surface area (Å²) in [6.07, 6.45) is 1.44. The van der Waals surface area contributed by atoms with E-state index >= 15 is 0 Å². The lowest BCUT2D eigenvalue weighted by Crippen LogP contribution is -2.46. The Labute approximate surface area is 151 Å². The normalized spacial score (nSPS) is 11.7. The molecule has 0 radical (unpaired) electrons. The average Bonchev–Trinajstić information content (AvgIpc) is 2.99. The zero-order valence-corrected chi connectivity index (χ0v) is 15.0. The number of carboxylic acids is 1. The van der Waals surface area contributed by atoms with Crippen LogP contribution >= 0.6 is 0 Å². The molecule has 8 heteroatoms. The molecule has 26 heavy (non-hydrogen) atoms. The van der Waals surface area contributed by atoms with E-state index in [9.17, 15) is 19.5 Å². The van der Waals surface area contributed by atoms with E-state index in [0.29, 0.717) is 11.3 Å². The Morgan fingerprint density at radius 1 is 1.27 bits per heavy atom. The highest BCUT2D eigenvalue weighted by Crippen LogP contribution is 2.17. The maximum absolute atomic E-state index is 12.9. The van der Waals surface area contributed by atoms with Gasteiger partial charge >= 0.3 is 5.97 Å².